The first-order valence-electron chi connectivity index (χ1n) is 6.92. The van der Waals surface area contributed by atoms with Crippen molar-refractivity contribution < 1.29 is 18.8 Å². The Kier molecular flexibility index (Phi) is 3.41. The Balaban J connectivity index is 1.99. The molecule has 1 aromatic heterocycles. The zero-order valence-corrected chi connectivity index (χ0v) is 12.8. The molecule has 1 aliphatic heterocycles. The summed E-state index contributed by atoms with van der Waals surface area (Å²) in [6.07, 6.45) is 1.50. The van der Waals surface area contributed by atoms with E-state index >= 15 is 0 Å². The van der Waals surface area contributed by atoms with Crippen molar-refractivity contribution in [3.8, 4) is 0 Å². The Bertz CT molecular complexity index is 772. The van der Waals surface area contributed by atoms with Crippen molar-refractivity contribution in [2.45, 2.75) is 19.4 Å². The fourth-order valence-corrected chi connectivity index (χ4v) is 2.29. The molecule has 1 fully saturated rings. The van der Waals surface area contributed by atoms with Crippen molar-refractivity contribution in [3.63, 3.8) is 0 Å². The number of hydrogen-bond donors (Lipinski definition) is 0. The molecule has 22 heavy (non-hydrogen) atoms. The third kappa shape index (κ3) is 2.46. The monoisotopic (exact) mass is 297 g/mol. The summed E-state index contributed by atoms with van der Waals surface area (Å²) in [6, 6.07) is 7.40. The van der Waals surface area contributed by atoms with Crippen molar-refractivity contribution in [2.24, 2.45) is 0 Å². The standard InChI is InChI=1S/C16H16BNO4/c1-10-16(2,3)22-17(21-10)13-5-6-14-11(8-13)7-12(9-18-14)15(19)20-4/h5-9H,1H2,2-4H3. The van der Waals surface area contributed by atoms with Crippen molar-refractivity contribution >= 4 is 29.5 Å². The van der Waals surface area contributed by atoms with Crippen LogP contribution in [0, 0.1) is 0 Å². The van der Waals surface area contributed by atoms with Crippen molar-refractivity contribution in [3.05, 3.63) is 48.4 Å². The van der Waals surface area contributed by atoms with Gasteiger partial charge in [0.15, 0.2) is 0 Å². The zero-order chi connectivity index (χ0) is 15.9. The highest BCUT2D eigenvalue weighted by Gasteiger charge is 2.42. The molecule has 1 aromatic carbocycles. The quantitative estimate of drug-likeness (QED) is 0.627. The van der Waals surface area contributed by atoms with Crippen LogP contribution in [0.15, 0.2) is 42.8 Å². The van der Waals surface area contributed by atoms with Gasteiger partial charge < -0.3 is 14.0 Å². The first kappa shape index (κ1) is 14.6. The number of pyridine rings is 1. The van der Waals surface area contributed by atoms with Gasteiger partial charge in [-0.15, -0.1) is 0 Å². The van der Waals surface area contributed by atoms with E-state index in [1.54, 1.807) is 6.07 Å². The minimum Gasteiger partial charge on any atom is -0.534 e. The second kappa shape index (κ2) is 5.14. The second-order valence-corrected chi connectivity index (χ2v) is 5.67. The van der Waals surface area contributed by atoms with E-state index in [0.717, 1.165) is 16.4 Å². The van der Waals surface area contributed by atoms with Crippen LogP contribution in [0.1, 0.15) is 24.2 Å². The maximum atomic E-state index is 11.6. The lowest BCUT2D eigenvalue weighted by Gasteiger charge is -2.15. The third-order valence-corrected chi connectivity index (χ3v) is 3.72. The molecule has 1 saturated heterocycles. The van der Waals surface area contributed by atoms with E-state index in [2.05, 4.69) is 11.6 Å². The zero-order valence-electron chi connectivity index (χ0n) is 12.8. The number of benzene rings is 1. The highest BCUT2D eigenvalue weighted by molar-refractivity contribution is 6.62. The van der Waals surface area contributed by atoms with E-state index in [1.165, 1.54) is 13.3 Å². The van der Waals surface area contributed by atoms with Crippen molar-refractivity contribution in [1.82, 2.24) is 4.98 Å². The lowest BCUT2D eigenvalue weighted by atomic mass is 9.78. The minimum absolute atomic E-state index is 0.408. The molecule has 0 aliphatic carbocycles. The average Bonchev–Trinajstić information content (AvgIpc) is 2.79. The molecular weight excluding hydrogens is 281 g/mol. The van der Waals surface area contributed by atoms with Crippen LogP contribution in [-0.4, -0.2) is 30.8 Å². The molecule has 0 bridgehead atoms. The fraction of sp³-hybridized carbons (Fsp3) is 0.250. The first-order valence-corrected chi connectivity index (χ1v) is 6.92. The van der Waals surface area contributed by atoms with Crippen LogP contribution in [0.25, 0.3) is 10.9 Å². The van der Waals surface area contributed by atoms with Gasteiger partial charge in [-0.05, 0) is 31.4 Å². The molecule has 3 rings (SSSR count). The number of nitrogens with zero attached hydrogens (tertiary/aromatic N) is 1. The predicted molar refractivity (Wildman–Crippen MR) is 83.9 cm³/mol. The van der Waals surface area contributed by atoms with Crippen LogP contribution in [-0.2, 0) is 14.0 Å². The van der Waals surface area contributed by atoms with Crippen LogP contribution in [0.3, 0.4) is 0 Å². The highest BCUT2D eigenvalue weighted by atomic mass is 16.7. The van der Waals surface area contributed by atoms with E-state index in [9.17, 15) is 4.79 Å². The van der Waals surface area contributed by atoms with E-state index in [1.807, 2.05) is 32.0 Å². The lowest BCUT2D eigenvalue weighted by Crippen LogP contribution is -2.34. The molecule has 0 radical (unpaired) electrons. The summed E-state index contributed by atoms with van der Waals surface area (Å²) < 4.78 is 16.3. The van der Waals surface area contributed by atoms with Gasteiger partial charge in [0.2, 0.25) is 0 Å². The summed E-state index contributed by atoms with van der Waals surface area (Å²) >= 11 is 0. The van der Waals surface area contributed by atoms with E-state index in [0.29, 0.717) is 11.3 Å². The number of hydrogen-bond acceptors (Lipinski definition) is 5. The Morgan fingerprint density at radius 2 is 2.14 bits per heavy atom. The summed E-state index contributed by atoms with van der Waals surface area (Å²) in [4.78, 5) is 15.9. The number of methoxy groups -OCH3 is 1. The number of esters is 1. The summed E-state index contributed by atoms with van der Waals surface area (Å²) in [5.74, 6) is 0.182. The van der Waals surface area contributed by atoms with Crippen LogP contribution in [0.4, 0.5) is 0 Å². The third-order valence-electron chi connectivity index (χ3n) is 3.72. The largest absolute Gasteiger partial charge is 0.563 e. The summed E-state index contributed by atoms with van der Waals surface area (Å²) in [6.45, 7) is 7.69. The highest BCUT2D eigenvalue weighted by Crippen LogP contribution is 2.29. The maximum absolute atomic E-state index is 11.6. The molecule has 112 valence electrons. The van der Waals surface area contributed by atoms with Gasteiger partial charge in [0, 0.05) is 11.6 Å². The Labute approximate surface area is 129 Å². The van der Waals surface area contributed by atoms with Gasteiger partial charge in [0.25, 0.3) is 0 Å². The van der Waals surface area contributed by atoms with Crippen molar-refractivity contribution in [2.75, 3.05) is 7.11 Å². The summed E-state index contributed by atoms with van der Waals surface area (Å²) in [5, 5.41) is 0.822. The number of ether oxygens (including phenoxy) is 1. The molecule has 1 aliphatic rings. The van der Waals surface area contributed by atoms with Crippen LogP contribution in [0.2, 0.25) is 0 Å². The normalized spacial score (nSPS) is 16.7. The van der Waals surface area contributed by atoms with Crippen molar-refractivity contribution in [1.29, 1.82) is 0 Å². The predicted octanol–water partition coefficient (Wildman–Crippen LogP) is 2.06. The number of aromatic nitrogens is 1. The molecule has 0 saturated carbocycles. The molecule has 2 heterocycles. The summed E-state index contributed by atoms with van der Waals surface area (Å²) in [7, 11) is 0.838. The van der Waals surface area contributed by atoms with Gasteiger partial charge in [-0.3, -0.25) is 4.98 Å². The van der Waals surface area contributed by atoms with E-state index < -0.39 is 18.7 Å². The Morgan fingerprint density at radius 3 is 2.77 bits per heavy atom. The van der Waals surface area contributed by atoms with Crippen LogP contribution >= 0.6 is 0 Å². The van der Waals surface area contributed by atoms with E-state index in [-0.39, 0.29) is 0 Å². The van der Waals surface area contributed by atoms with Gasteiger partial charge in [0.1, 0.15) is 5.60 Å². The Hall–Kier alpha value is -2.34. The molecule has 6 heteroatoms. The van der Waals surface area contributed by atoms with Crippen LogP contribution < -0.4 is 5.46 Å². The lowest BCUT2D eigenvalue weighted by molar-refractivity contribution is 0.0600. The van der Waals surface area contributed by atoms with Gasteiger partial charge in [-0.2, -0.15) is 0 Å². The number of carbonyl (C=O) groups is 1. The fourth-order valence-electron chi connectivity index (χ4n) is 2.29. The smallest absolute Gasteiger partial charge is 0.534 e. The molecule has 0 atom stereocenters. The number of carbonyl (C=O) groups excluding carboxylic acids is 1. The SMILES string of the molecule is C=C1OB(c2ccc3ncc(C(=O)OC)cc3c2)OC1(C)C. The van der Waals surface area contributed by atoms with Gasteiger partial charge in [0.05, 0.1) is 23.9 Å². The first-order chi connectivity index (χ1) is 10.4. The van der Waals surface area contributed by atoms with Gasteiger partial charge >= 0.3 is 13.1 Å². The average molecular weight is 297 g/mol. The maximum Gasteiger partial charge on any atom is 0.563 e. The Morgan fingerprint density at radius 1 is 1.36 bits per heavy atom. The molecule has 0 N–H and O–H groups in total. The molecular formula is C16H16BNO4. The minimum atomic E-state index is -0.522. The summed E-state index contributed by atoms with van der Waals surface area (Å²) in [5.41, 5.74) is 1.52. The van der Waals surface area contributed by atoms with Gasteiger partial charge in [-0.1, -0.05) is 18.7 Å². The number of fused-ring (bicyclic) bond motifs is 1. The number of rotatable bonds is 2. The van der Waals surface area contributed by atoms with Crippen LogP contribution in [0.5, 0.6) is 0 Å². The molecule has 0 unspecified atom stereocenters. The van der Waals surface area contributed by atoms with Gasteiger partial charge in [-0.25, -0.2) is 4.79 Å². The molecule has 0 amide bonds. The topological polar surface area (TPSA) is 57.7 Å². The molecule has 2 aromatic rings. The second-order valence-electron chi connectivity index (χ2n) is 5.67. The molecule has 5 nitrogen and oxygen atoms in total. The van der Waals surface area contributed by atoms with E-state index in [4.69, 9.17) is 14.0 Å². The molecule has 0 spiro atoms.